The molecule has 0 bridgehead atoms. The lowest BCUT2D eigenvalue weighted by Gasteiger charge is -2.33. The molecule has 7 heteroatoms. The van der Waals surface area contributed by atoms with Gasteiger partial charge in [0, 0.05) is 40.8 Å². The van der Waals surface area contributed by atoms with E-state index in [4.69, 9.17) is 16.3 Å². The van der Waals surface area contributed by atoms with Gasteiger partial charge in [-0.3, -0.25) is 4.79 Å². The van der Waals surface area contributed by atoms with Gasteiger partial charge in [-0.25, -0.2) is 4.98 Å². The van der Waals surface area contributed by atoms with Crippen LogP contribution < -0.4 is 15.0 Å². The van der Waals surface area contributed by atoms with Crippen molar-refractivity contribution >= 4 is 34.5 Å². The molecule has 5 nitrogen and oxygen atoms in total. The van der Waals surface area contributed by atoms with Crippen LogP contribution in [0.25, 0.3) is 10.6 Å². The second-order valence-electron chi connectivity index (χ2n) is 6.98. The van der Waals surface area contributed by atoms with Crippen molar-refractivity contribution in [2.75, 3.05) is 25.1 Å². The molecule has 0 aliphatic carbocycles. The topological polar surface area (TPSA) is 54.5 Å². The number of carbonyl (C=O) groups excluding carboxylic acids is 1. The molecule has 2 heterocycles. The van der Waals surface area contributed by atoms with E-state index in [1.807, 2.05) is 41.8 Å². The molecular formula is C22H22ClN3O2S. The standard InChI is InChI=1S/C22H22ClN3O2S/c1-28-19-8-6-18(7-9-19)26-12-10-17(11-13-26)24-21(27)20-14-29-22(25-20)15-2-4-16(23)5-3-15/h2-9,14,17H,10-13H2,1H3,(H,24,27). The number of benzene rings is 2. The van der Waals surface area contributed by atoms with Crippen LogP contribution in [0, 0.1) is 0 Å². The summed E-state index contributed by atoms with van der Waals surface area (Å²) in [5.41, 5.74) is 2.62. The molecule has 1 N–H and O–H groups in total. The molecule has 29 heavy (non-hydrogen) atoms. The van der Waals surface area contributed by atoms with E-state index in [1.165, 1.54) is 17.0 Å². The van der Waals surface area contributed by atoms with Crippen LogP contribution in [0.1, 0.15) is 23.3 Å². The summed E-state index contributed by atoms with van der Waals surface area (Å²) in [6.45, 7) is 1.81. The van der Waals surface area contributed by atoms with Crippen molar-refractivity contribution < 1.29 is 9.53 Å². The quantitative estimate of drug-likeness (QED) is 0.631. The molecule has 1 aliphatic heterocycles. The number of nitrogens with zero attached hydrogens (tertiary/aromatic N) is 2. The zero-order chi connectivity index (χ0) is 20.2. The lowest BCUT2D eigenvalue weighted by Crippen LogP contribution is -2.44. The van der Waals surface area contributed by atoms with Gasteiger partial charge in [0.1, 0.15) is 16.5 Å². The summed E-state index contributed by atoms with van der Waals surface area (Å²) in [4.78, 5) is 19.5. The fourth-order valence-corrected chi connectivity index (χ4v) is 4.37. The SMILES string of the molecule is COc1ccc(N2CCC(NC(=O)c3csc(-c4ccc(Cl)cc4)n3)CC2)cc1. The van der Waals surface area contributed by atoms with Gasteiger partial charge in [0.05, 0.1) is 7.11 Å². The second-order valence-corrected chi connectivity index (χ2v) is 8.27. The molecule has 1 amide bonds. The van der Waals surface area contributed by atoms with E-state index in [2.05, 4.69) is 27.3 Å². The molecule has 0 atom stereocenters. The van der Waals surface area contributed by atoms with Crippen LogP contribution in [-0.2, 0) is 0 Å². The molecule has 1 fully saturated rings. The number of methoxy groups -OCH3 is 1. The van der Waals surface area contributed by atoms with Gasteiger partial charge in [-0.05, 0) is 49.2 Å². The van der Waals surface area contributed by atoms with Gasteiger partial charge in [0.25, 0.3) is 5.91 Å². The predicted molar refractivity (Wildman–Crippen MR) is 118 cm³/mol. The maximum Gasteiger partial charge on any atom is 0.270 e. The van der Waals surface area contributed by atoms with Crippen molar-refractivity contribution in [2.45, 2.75) is 18.9 Å². The number of ether oxygens (including phenoxy) is 1. The minimum absolute atomic E-state index is 0.107. The summed E-state index contributed by atoms with van der Waals surface area (Å²) >= 11 is 7.40. The van der Waals surface area contributed by atoms with Gasteiger partial charge in [-0.1, -0.05) is 23.7 Å². The average molecular weight is 428 g/mol. The Kier molecular flexibility index (Phi) is 6.02. The summed E-state index contributed by atoms with van der Waals surface area (Å²) in [6.07, 6.45) is 1.82. The first-order valence-corrected chi connectivity index (χ1v) is 10.8. The highest BCUT2D eigenvalue weighted by atomic mass is 35.5. The Balaban J connectivity index is 1.32. The molecule has 0 radical (unpaired) electrons. The third kappa shape index (κ3) is 4.71. The van der Waals surface area contributed by atoms with Crippen LogP contribution in [-0.4, -0.2) is 37.1 Å². The van der Waals surface area contributed by atoms with Crippen molar-refractivity contribution in [1.82, 2.24) is 10.3 Å². The summed E-state index contributed by atoms with van der Waals surface area (Å²) in [5.74, 6) is 0.751. The van der Waals surface area contributed by atoms with Gasteiger partial charge in [-0.2, -0.15) is 0 Å². The lowest BCUT2D eigenvalue weighted by molar-refractivity contribution is 0.0927. The Morgan fingerprint density at radius 1 is 1.14 bits per heavy atom. The first kappa shape index (κ1) is 19.7. The molecule has 150 valence electrons. The number of hydrogen-bond donors (Lipinski definition) is 1. The molecule has 0 saturated carbocycles. The number of carbonyl (C=O) groups is 1. The van der Waals surface area contributed by atoms with Gasteiger partial charge in [0.15, 0.2) is 0 Å². The molecule has 4 rings (SSSR count). The summed E-state index contributed by atoms with van der Waals surface area (Å²) in [7, 11) is 1.67. The van der Waals surface area contributed by atoms with E-state index < -0.39 is 0 Å². The Bertz CT molecular complexity index is 964. The zero-order valence-electron chi connectivity index (χ0n) is 16.1. The van der Waals surface area contributed by atoms with E-state index in [9.17, 15) is 4.79 Å². The first-order chi connectivity index (χ1) is 14.1. The van der Waals surface area contributed by atoms with E-state index in [0.717, 1.165) is 42.3 Å². The minimum Gasteiger partial charge on any atom is -0.497 e. The molecule has 2 aromatic carbocycles. The van der Waals surface area contributed by atoms with Crippen LogP contribution in [0.5, 0.6) is 5.75 Å². The largest absolute Gasteiger partial charge is 0.497 e. The molecular weight excluding hydrogens is 406 g/mol. The number of nitrogens with one attached hydrogen (secondary N) is 1. The maximum atomic E-state index is 12.6. The third-order valence-corrected chi connectivity index (χ3v) is 6.24. The van der Waals surface area contributed by atoms with E-state index in [-0.39, 0.29) is 11.9 Å². The maximum absolute atomic E-state index is 12.6. The highest BCUT2D eigenvalue weighted by Gasteiger charge is 2.22. The normalized spacial score (nSPS) is 14.6. The second kappa shape index (κ2) is 8.84. The minimum atomic E-state index is -0.107. The predicted octanol–water partition coefficient (Wildman–Crippen LogP) is 4.87. The van der Waals surface area contributed by atoms with E-state index >= 15 is 0 Å². The van der Waals surface area contributed by atoms with Crippen molar-refractivity contribution in [3.8, 4) is 16.3 Å². The number of halogens is 1. The average Bonchev–Trinajstić information content (AvgIpc) is 3.25. The summed E-state index contributed by atoms with van der Waals surface area (Å²) in [5, 5.41) is 6.45. The number of hydrogen-bond acceptors (Lipinski definition) is 5. The highest BCUT2D eigenvalue weighted by Crippen LogP contribution is 2.26. The molecule has 1 aromatic heterocycles. The van der Waals surface area contributed by atoms with Crippen LogP contribution in [0.2, 0.25) is 5.02 Å². The number of amides is 1. The Morgan fingerprint density at radius 3 is 2.48 bits per heavy atom. The fraction of sp³-hybridized carbons (Fsp3) is 0.273. The molecule has 1 saturated heterocycles. The summed E-state index contributed by atoms with van der Waals surface area (Å²) < 4.78 is 5.22. The van der Waals surface area contributed by atoms with Crippen LogP contribution in [0.4, 0.5) is 5.69 Å². The fourth-order valence-electron chi connectivity index (χ4n) is 3.44. The number of piperidine rings is 1. The van der Waals surface area contributed by atoms with Gasteiger partial charge < -0.3 is 15.0 Å². The van der Waals surface area contributed by atoms with Crippen molar-refractivity contribution in [1.29, 1.82) is 0 Å². The van der Waals surface area contributed by atoms with Crippen LogP contribution in [0.15, 0.2) is 53.9 Å². The number of aromatic nitrogens is 1. The number of rotatable bonds is 5. The van der Waals surface area contributed by atoms with Gasteiger partial charge >= 0.3 is 0 Å². The first-order valence-electron chi connectivity index (χ1n) is 9.54. The zero-order valence-corrected chi connectivity index (χ0v) is 17.7. The van der Waals surface area contributed by atoms with Crippen molar-refractivity contribution in [2.24, 2.45) is 0 Å². The number of thiazole rings is 1. The molecule has 3 aromatic rings. The number of anilines is 1. The monoisotopic (exact) mass is 427 g/mol. The Morgan fingerprint density at radius 2 is 1.83 bits per heavy atom. The van der Waals surface area contributed by atoms with E-state index in [0.29, 0.717) is 10.7 Å². The van der Waals surface area contributed by atoms with Crippen molar-refractivity contribution in [3.63, 3.8) is 0 Å². The Hall–Kier alpha value is -2.57. The van der Waals surface area contributed by atoms with Gasteiger partial charge in [-0.15, -0.1) is 11.3 Å². The smallest absolute Gasteiger partial charge is 0.270 e. The summed E-state index contributed by atoms with van der Waals surface area (Å²) in [6, 6.07) is 15.8. The molecule has 1 aliphatic rings. The third-order valence-electron chi connectivity index (χ3n) is 5.10. The highest BCUT2D eigenvalue weighted by molar-refractivity contribution is 7.13. The molecule has 0 unspecified atom stereocenters. The Labute approximate surface area is 179 Å². The lowest BCUT2D eigenvalue weighted by atomic mass is 10.0. The molecule has 0 spiro atoms. The van der Waals surface area contributed by atoms with Gasteiger partial charge in [0.2, 0.25) is 0 Å². The van der Waals surface area contributed by atoms with Crippen LogP contribution in [0.3, 0.4) is 0 Å². The van der Waals surface area contributed by atoms with Crippen molar-refractivity contribution in [3.05, 3.63) is 64.6 Å². The van der Waals surface area contributed by atoms with Crippen LogP contribution >= 0.6 is 22.9 Å². The van der Waals surface area contributed by atoms with E-state index in [1.54, 1.807) is 7.11 Å².